The Bertz CT molecular complexity index is 842. The highest BCUT2D eigenvalue weighted by Crippen LogP contribution is 2.20. The molecule has 2 aromatic rings. The molecule has 0 radical (unpaired) electrons. The molecule has 2 aliphatic rings. The van der Waals surface area contributed by atoms with Gasteiger partial charge in [-0.1, -0.05) is 23.7 Å². The van der Waals surface area contributed by atoms with Gasteiger partial charge < -0.3 is 9.80 Å². The summed E-state index contributed by atoms with van der Waals surface area (Å²) in [5.74, 6) is -0.165. The Balaban J connectivity index is 1.51. The van der Waals surface area contributed by atoms with Crippen LogP contribution >= 0.6 is 11.6 Å². The zero-order valence-corrected chi connectivity index (χ0v) is 15.3. The van der Waals surface area contributed by atoms with E-state index in [1.807, 2.05) is 29.2 Å². The number of carbonyl (C=O) groups excluding carboxylic acids is 2. The molecule has 6 nitrogen and oxygen atoms in total. The van der Waals surface area contributed by atoms with E-state index in [2.05, 4.69) is 5.10 Å². The lowest BCUT2D eigenvalue weighted by molar-refractivity contribution is 0.0679. The van der Waals surface area contributed by atoms with Gasteiger partial charge in [0.15, 0.2) is 5.69 Å². The summed E-state index contributed by atoms with van der Waals surface area (Å²) in [6, 6.07) is 9.16. The summed E-state index contributed by atoms with van der Waals surface area (Å²) in [7, 11) is 0. The second-order valence-corrected chi connectivity index (χ2v) is 7.28. The SMILES string of the molecule is O=C(c1cc2n(n1)CCN(Cc1cccc(Cl)c1)C2=O)N1CCCCC1. The third-order valence-electron chi connectivity index (χ3n) is 4.99. The maximum absolute atomic E-state index is 12.8. The highest BCUT2D eigenvalue weighted by Gasteiger charge is 2.29. The standard InChI is InChI=1S/C19H21ClN4O2/c20-15-6-4-5-14(11-15)13-23-9-10-24-17(19(23)26)12-16(21-24)18(25)22-7-2-1-3-8-22/h4-6,11-12H,1-3,7-10,13H2. The largest absolute Gasteiger partial charge is 0.337 e. The van der Waals surface area contributed by atoms with E-state index in [9.17, 15) is 9.59 Å². The van der Waals surface area contributed by atoms with Crippen LogP contribution in [0.25, 0.3) is 0 Å². The Morgan fingerprint density at radius 1 is 1.08 bits per heavy atom. The summed E-state index contributed by atoms with van der Waals surface area (Å²) in [6.45, 7) is 3.21. The summed E-state index contributed by atoms with van der Waals surface area (Å²) in [6.07, 6.45) is 3.23. The molecule has 26 heavy (non-hydrogen) atoms. The fourth-order valence-corrected chi connectivity index (χ4v) is 3.82. The average molecular weight is 373 g/mol. The number of rotatable bonds is 3. The van der Waals surface area contributed by atoms with Gasteiger partial charge in [0.05, 0.1) is 6.54 Å². The topological polar surface area (TPSA) is 58.4 Å². The zero-order valence-electron chi connectivity index (χ0n) is 14.5. The molecular formula is C19H21ClN4O2. The first-order valence-electron chi connectivity index (χ1n) is 9.03. The van der Waals surface area contributed by atoms with Crippen LogP contribution in [0.3, 0.4) is 0 Å². The molecule has 0 bridgehead atoms. The molecule has 0 N–H and O–H groups in total. The molecule has 7 heteroatoms. The van der Waals surface area contributed by atoms with E-state index in [0.29, 0.717) is 36.0 Å². The van der Waals surface area contributed by atoms with E-state index < -0.39 is 0 Å². The van der Waals surface area contributed by atoms with Gasteiger partial charge in [0.25, 0.3) is 11.8 Å². The van der Waals surface area contributed by atoms with Crippen LogP contribution in [0, 0.1) is 0 Å². The molecule has 0 spiro atoms. The second-order valence-electron chi connectivity index (χ2n) is 6.85. The molecule has 1 saturated heterocycles. The smallest absolute Gasteiger partial charge is 0.274 e. The van der Waals surface area contributed by atoms with Crippen LogP contribution in [0.4, 0.5) is 0 Å². The van der Waals surface area contributed by atoms with Crippen molar-refractivity contribution in [1.82, 2.24) is 19.6 Å². The van der Waals surface area contributed by atoms with Gasteiger partial charge in [0.1, 0.15) is 5.69 Å². The van der Waals surface area contributed by atoms with E-state index in [1.165, 1.54) is 6.42 Å². The van der Waals surface area contributed by atoms with Gasteiger partial charge in [-0.3, -0.25) is 14.3 Å². The Morgan fingerprint density at radius 2 is 1.88 bits per heavy atom. The number of fused-ring (bicyclic) bond motifs is 1. The Hall–Kier alpha value is -2.34. The van der Waals surface area contributed by atoms with E-state index in [4.69, 9.17) is 11.6 Å². The minimum absolute atomic E-state index is 0.0687. The molecule has 1 aromatic carbocycles. The van der Waals surface area contributed by atoms with Crippen LogP contribution in [-0.2, 0) is 13.1 Å². The number of hydrogen-bond acceptors (Lipinski definition) is 3. The number of halogens is 1. The van der Waals surface area contributed by atoms with Crippen LogP contribution in [0.15, 0.2) is 30.3 Å². The second kappa shape index (κ2) is 7.11. The molecule has 0 unspecified atom stereocenters. The number of hydrogen-bond donors (Lipinski definition) is 0. The van der Waals surface area contributed by atoms with E-state index in [0.717, 1.165) is 31.5 Å². The van der Waals surface area contributed by atoms with Crippen molar-refractivity contribution in [1.29, 1.82) is 0 Å². The van der Waals surface area contributed by atoms with Crippen molar-refractivity contribution >= 4 is 23.4 Å². The first-order valence-corrected chi connectivity index (χ1v) is 9.40. The van der Waals surface area contributed by atoms with Gasteiger partial charge >= 0.3 is 0 Å². The highest BCUT2D eigenvalue weighted by atomic mass is 35.5. The van der Waals surface area contributed by atoms with E-state index in [1.54, 1.807) is 15.6 Å². The number of aromatic nitrogens is 2. The molecule has 0 atom stereocenters. The Kier molecular flexibility index (Phi) is 4.68. The number of nitrogens with zero attached hydrogens (tertiary/aromatic N) is 4. The Labute approximate surface area is 157 Å². The van der Waals surface area contributed by atoms with Gasteiger partial charge in [0.2, 0.25) is 0 Å². The predicted molar refractivity (Wildman–Crippen MR) is 98.2 cm³/mol. The quantitative estimate of drug-likeness (QED) is 0.832. The maximum atomic E-state index is 12.8. The highest BCUT2D eigenvalue weighted by molar-refractivity contribution is 6.30. The van der Waals surface area contributed by atoms with Gasteiger partial charge in [-0.2, -0.15) is 5.10 Å². The lowest BCUT2D eigenvalue weighted by atomic mass is 10.1. The summed E-state index contributed by atoms with van der Waals surface area (Å²) in [4.78, 5) is 29.1. The van der Waals surface area contributed by atoms with Crippen LogP contribution in [-0.4, -0.2) is 51.0 Å². The summed E-state index contributed by atoms with van der Waals surface area (Å²) >= 11 is 6.03. The lowest BCUT2D eigenvalue weighted by Gasteiger charge is -2.27. The first kappa shape index (κ1) is 17.1. The van der Waals surface area contributed by atoms with Gasteiger partial charge in [-0.15, -0.1) is 0 Å². The molecule has 1 fully saturated rings. The molecule has 1 aromatic heterocycles. The van der Waals surface area contributed by atoms with Crippen molar-refractivity contribution in [3.63, 3.8) is 0 Å². The van der Waals surface area contributed by atoms with Gasteiger partial charge in [-0.25, -0.2) is 0 Å². The van der Waals surface area contributed by atoms with Crippen molar-refractivity contribution in [2.45, 2.75) is 32.4 Å². The van der Waals surface area contributed by atoms with E-state index >= 15 is 0 Å². The zero-order chi connectivity index (χ0) is 18.1. The third-order valence-corrected chi connectivity index (χ3v) is 5.23. The van der Waals surface area contributed by atoms with Crippen molar-refractivity contribution in [3.8, 4) is 0 Å². The fraction of sp³-hybridized carbons (Fsp3) is 0.421. The maximum Gasteiger partial charge on any atom is 0.274 e. The monoisotopic (exact) mass is 372 g/mol. The molecule has 0 aliphatic carbocycles. The van der Waals surface area contributed by atoms with Crippen molar-refractivity contribution < 1.29 is 9.59 Å². The summed E-state index contributed by atoms with van der Waals surface area (Å²) in [5.41, 5.74) is 1.85. The number of carbonyl (C=O) groups is 2. The fourth-order valence-electron chi connectivity index (χ4n) is 3.61. The molecule has 2 aliphatic heterocycles. The first-order chi connectivity index (χ1) is 12.6. The molecule has 4 rings (SSSR count). The minimum atomic E-state index is -0.0959. The Morgan fingerprint density at radius 3 is 2.65 bits per heavy atom. The third kappa shape index (κ3) is 3.33. The van der Waals surface area contributed by atoms with Crippen molar-refractivity contribution in [2.24, 2.45) is 0 Å². The molecule has 3 heterocycles. The van der Waals surface area contributed by atoms with Gasteiger partial charge in [-0.05, 0) is 37.0 Å². The molecule has 136 valence electrons. The molecular weight excluding hydrogens is 352 g/mol. The number of likely N-dealkylation sites (tertiary alicyclic amines) is 1. The predicted octanol–water partition coefficient (Wildman–Crippen LogP) is 2.82. The number of piperidine rings is 1. The summed E-state index contributed by atoms with van der Waals surface area (Å²) < 4.78 is 1.66. The molecule has 2 amide bonds. The lowest BCUT2D eigenvalue weighted by Crippen LogP contribution is -2.39. The average Bonchev–Trinajstić information content (AvgIpc) is 3.09. The van der Waals surface area contributed by atoms with Crippen LogP contribution in [0.5, 0.6) is 0 Å². The van der Waals surface area contributed by atoms with Crippen molar-refractivity contribution in [3.05, 3.63) is 52.3 Å². The van der Waals surface area contributed by atoms with Crippen molar-refractivity contribution in [2.75, 3.05) is 19.6 Å². The van der Waals surface area contributed by atoms with Crippen LogP contribution in [0.1, 0.15) is 45.8 Å². The summed E-state index contributed by atoms with van der Waals surface area (Å²) in [5, 5.41) is 5.05. The molecule has 0 saturated carbocycles. The van der Waals surface area contributed by atoms with Crippen LogP contribution < -0.4 is 0 Å². The normalized spacial score (nSPS) is 17.3. The van der Waals surface area contributed by atoms with Gasteiger partial charge in [0, 0.05) is 37.3 Å². The van der Waals surface area contributed by atoms with Crippen LogP contribution in [0.2, 0.25) is 5.02 Å². The minimum Gasteiger partial charge on any atom is -0.337 e. The van der Waals surface area contributed by atoms with E-state index in [-0.39, 0.29) is 11.8 Å². The number of amides is 2. The number of benzene rings is 1.